The van der Waals surface area contributed by atoms with Crippen LogP contribution in [-0.2, 0) is 10.9 Å². The molecule has 0 saturated carbocycles. The van der Waals surface area contributed by atoms with E-state index in [2.05, 4.69) is 15.6 Å². The first-order chi connectivity index (χ1) is 12.7. The van der Waals surface area contributed by atoms with Crippen molar-refractivity contribution in [2.24, 2.45) is 5.92 Å². The van der Waals surface area contributed by atoms with Gasteiger partial charge in [-0.15, -0.1) is 0 Å². The van der Waals surface area contributed by atoms with Crippen molar-refractivity contribution in [1.29, 1.82) is 0 Å². The second-order valence-electron chi connectivity index (χ2n) is 8.01. The third kappa shape index (κ3) is 8.14. The lowest BCUT2D eigenvalue weighted by atomic mass is 10.0. The molecule has 0 bridgehead atoms. The third-order valence-corrected chi connectivity index (χ3v) is 3.60. The Kier molecular flexibility index (Phi) is 7.84. The van der Waals surface area contributed by atoms with E-state index in [1.54, 1.807) is 20.8 Å². The van der Waals surface area contributed by atoms with Crippen LogP contribution in [0.25, 0.3) is 0 Å². The van der Waals surface area contributed by atoms with E-state index in [1.807, 2.05) is 13.8 Å². The number of hydrogen-bond acceptors (Lipinski definition) is 4. The van der Waals surface area contributed by atoms with Gasteiger partial charge in [0.15, 0.2) is 0 Å². The number of rotatable bonds is 6. The van der Waals surface area contributed by atoms with E-state index in [4.69, 9.17) is 4.74 Å². The van der Waals surface area contributed by atoms with Crippen LogP contribution >= 0.6 is 0 Å². The van der Waals surface area contributed by atoms with E-state index in [0.29, 0.717) is 6.42 Å². The SMILES string of the molecule is Cc1nc(C(F)(F)F)ccc1C(=O)N[C@@H](CNC(=O)OC(C)(C)C)CC(C)C. The second-order valence-corrected chi connectivity index (χ2v) is 8.01. The smallest absolute Gasteiger partial charge is 0.433 e. The summed E-state index contributed by atoms with van der Waals surface area (Å²) in [6, 6.07) is 1.47. The van der Waals surface area contributed by atoms with Gasteiger partial charge in [-0.2, -0.15) is 13.2 Å². The molecule has 0 aliphatic carbocycles. The molecule has 0 radical (unpaired) electrons. The number of hydrogen-bond donors (Lipinski definition) is 2. The number of carbonyl (C=O) groups excluding carboxylic acids is 2. The van der Waals surface area contributed by atoms with Crippen molar-refractivity contribution in [1.82, 2.24) is 15.6 Å². The van der Waals surface area contributed by atoms with Crippen LogP contribution in [0.3, 0.4) is 0 Å². The highest BCUT2D eigenvalue weighted by molar-refractivity contribution is 5.95. The lowest BCUT2D eigenvalue weighted by Crippen LogP contribution is -2.45. The summed E-state index contributed by atoms with van der Waals surface area (Å²) in [4.78, 5) is 27.8. The molecule has 0 aromatic carbocycles. The van der Waals surface area contributed by atoms with Gasteiger partial charge in [-0.3, -0.25) is 4.79 Å². The Morgan fingerprint density at radius 1 is 1.18 bits per heavy atom. The van der Waals surface area contributed by atoms with Gasteiger partial charge in [0.2, 0.25) is 0 Å². The van der Waals surface area contributed by atoms with Gasteiger partial charge in [-0.05, 0) is 52.2 Å². The number of alkyl halides is 3. The van der Waals surface area contributed by atoms with Crippen molar-refractivity contribution in [3.8, 4) is 0 Å². The van der Waals surface area contributed by atoms with Crippen LogP contribution < -0.4 is 10.6 Å². The predicted octanol–water partition coefficient (Wildman–Crippen LogP) is 4.08. The monoisotopic (exact) mass is 403 g/mol. The number of halogens is 3. The van der Waals surface area contributed by atoms with Crippen LogP contribution in [0, 0.1) is 12.8 Å². The van der Waals surface area contributed by atoms with E-state index < -0.39 is 35.5 Å². The summed E-state index contributed by atoms with van der Waals surface area (Å²) >= 11 is 0. The topological polar surface area (TPSA) is 80.3 Å². The summed E-state index contributed by atoms with van der Waals surface area (Å²) in [5.74, 6) is -0.326. The Bertz CT molecular complexity index is 698. The Morgan fingerprint density at radius 3 is 2.25 bits per heavy atom. The number of pyridine rings is 1. The Morgan fingerprint density at radius 2 is 1.79 bits per heavy atom. The third-order valence-electron chi connectivity index (χ3n) is 3.60. The van der Waals surface area contributed by atoms with Crippen molar-refractivity contribution in [3.63, 3.8) is 0 Å². The minimum Gasteiger partial charge on any atom is -0.444 e. The molecule has 28 heavy (non-hydrogen) atoms. The number of nitrogens with zero attached hydrogens (tertiary/aromatic N) is 1. The quantitative estimate of drug-likeness (QED) is 0.750. The molecule has 6 nitrogen and oxygen atoms in total. The molecule has 0 saturated heterocycles. The summed E-state index contributed by atoms with van der Waals surface area (Å²) in [6.45, 7) is 10.6. The van der Waals surface area contributed by atoms with Gasteiger partial charge >= 0.3 is 12.3 Å². The van der Waals surface area contributed by atoms with Gasteiger partial charge in [0, 0.05) is 12.6 Å². The Hall–Kier alpha value is -2.32. The van der Waals surface area contributed by atoms with Gasteiger partial charge in [0.1, 0.15) is 11.3 Å². The summed E-state index contributed by atoms with van der Waals surface area (Å²) in [7, 11) is 0. The van der Waals surface area contributed by atoms with E-state index in [9.17, 15) is 22.8 Å². The van der Waals surface area contributed by atoms with Gasteiger partial charge in [-0.25, -0.2) is 9.78 Å². The molecule has 1 heterocycles. The van der Waals surface area contributed by atoms with Crippen LogP contribution in [0.2, 0.25) is 0 Å². The predicted molar refractivity (Wildman–Crippen MR) is 98.9 cm³/mol. The van der Waals surface area contributed by atoms with Crippen LogP contribution in [0.15, 0.2) is 12.1 Å². The molecule has 158 valence electrons. The number of alkyl carbamates (subject to hydrolysis) is 1. The Balaban J connectivity index is 2.83. The molecule has 0 unspecified atom stereocenters. The molecule has 0 fully saturated rings. The average molecular weight is 403 g/mol. The largest absolute Gasteiger partial charge is 0.444 e. The highest BCUT2D eigenvalue weighted by Crippen LogP contribution is 2.28. The molecule has 1 aromatic rings. The summed E-state index contributed by atoms with van der Waals surface area (Å²) in [5, 5.41) is 5.36. The fourth-order valence-electron chi connectivity index (χ4n) is 2.51. The van der Waals surface area contributed by atoms with E-state index >= 15 is 0 Å². The first-order valence-electron chi connectivity index (χ1n) is 9.01. The Labute approximate surface area is 163 Å². The number of amides is 2. The molecule has 9 heteroatoms. The van der Waals surface area contributed by atoms with Crippen LogP contribution in [0.4, 0.5) is 18.0 Å². The van der Waals surface area contributed by atoms with Crippen LogP contribution in [-0.4, -0.2) is 35.2 Å². The zero-order chi connectivity index (χ0) is 21.7. The van der Waals surface area contributed by atoms with E-state index in [0.717, 1.165) is 12.1 Å². The zero-order valence-electron chi connectivity index (χ0n) is 17.0. The first kappa shape index (κ1) is 23.7. The second kappa shape index (κ2) is 9.25. The van der Waals surface area contributed by atoms with Crippen molar-refractivity contribution < 1.29 is 27.5 Å². The molecule has 1 rings (SSSR count). The van der Waals surface area contributed by atoms with Gasteiger partial charge < -0.3 is 15.4 Å². The van der Waals surface area contributed by atoms with Crippen molar-refractivity contribution in [3.05, 3.63) is 29.1 Å². The van der Waals surface area contributed by atoms with Crippen molar-refractivity contribution in [2.45, 2.75) is 65.8 Å². The van der Waals surface area contributed by atoms with Gasteiger partial charge in [0.05, 0.1) is 11.3 Å². The maximum atomic E-state index is 12.7. The molecule has 0 spiro atoms. The molecule has 2 amide bonds. The molecule has 2 N–H and O–H groups in total. The first-order valence-corrected chi connectivity index (χ1v) is 9.01. The maximum absolute atomic E-state index is 12.7. The lowest BCUT2D eigenvalue weighted by molar-refractivity contribution is -0.141. The molecule has 1 aromatic heterocycles. The number of carbonyl (C=O) groups is 2. The molecular formula is C19H28F3N3O3. The van der Waals surface area contributed by atoms with Gasteiger partial charge in [0.25, 0.3) is 5.91 Å². The van der Waals surface area contributed by atoms with E-state index in [-0.39, 0.29) is 23.7 Å². The number of nitrogens with one attached hydrogen (secondary N) is 2. The van der Waals surface area contributed by atoms with Crippen LogP contribution in [0.1, 0.15) is 62.8 Å². The van der Waals surface area contributed by atoms with Crippen molar-refractivity contribution >= 4 is 12.0 Å². The maximum Gasteiger partial charge on any atom is 0.433 e. The highest BCUT2D eigenvalue weighted by atomic mass is 19.4. The highest BCUT2D eigenvalue weighted by Gasteiger charge is 2.33. The minimum absolute atomic E-state index is 0.0178. The standard InChI is InChI=1S/C19H28F3N3O3/c1-11(2)9-13(10-23-17(27)28-18(4,5)6)25-16(26)14-7-8-15(19(20,21)22)24-12(14)3/h7-8,11,13H,9-10H2,1-6H3,(H,23,27)(H,25,26)/t13-/m1/s1. The average Bonchev–Trinajstić information content (AvgIpc) is 2.49. The number of aromatic nitrogens is 1. The minimum atomic E-state index is -4.57. The molecule has 1 atom stereocenters. The van der Waals surface area contributed by atoms with Crippen molar-refractivity contribution in [2.75, 3.05) is 6.54 Å². The fourth-order valence-corrected chi connectivity index (χ4v) is 2.51. The summed E-state index contributed by atoms with van der Waals surface area (Å²) in [5.41, 5.74) is -1.66. The van der Waals surface area contributed by atoms with E-state index in [1.165, 1.54) is 6.92 Å². The molecule has 0 aliphatic heterocycles. The summed E-state index contributed by atoms with van der Waals surface area (Å²) < 4.78 is 43.4. The van der Waals surface area contributed by atoms with Gasteiger partial charge in [-0.1, -0.05) is 13.8 Å². The molecule has 0 aliphatic rings. The normalized spacial score (nSPS) is 13.2. The van der Waals surface area contributed by atoms with Crippen LogP contribution in [0.5, 0.6) is 0 Å². The zero-order valence-corrected chi connectivity index (χ0v) is 17.0. The number of aryl methyl sites for hydroxylation is 1. The lowest BCUT2D eigenvalue weighted by Gasteiger charge is -2.24. The fraction of sp³-hybridized carbons (Fsp3) is 0.632. The molecular weight excluding hydrogens is 375 g/mol. The summed E-state index contributed by atoms with van der Waals surface area (Å²) in [6.07, 6.45) is -4.62. The number of ether oxygens (including phenoxy) is 1.